The molecule has 0 heterocycles. The molecule has 0 aliphatic carbocycles. The second-order valence-corrected chi connectivity index (χ2v) is 4.83. The molecule has 0 aromatic carbocycles. The molecule has 0 aliphatic heterocycles. The van der Waals surface area contributed by atoms with Gasteiger partial charge >= 0.3 is 11.9 Å². The predicted octanol–water partition coefficient (Wildman–Crippen LogP) is 3.09. The van der Waals surface area contributed by atoms with Gasteiger partial charge in [0.05, 0.1) is 26.1 Å². The molecule has 0 N–H and O–H groups in total. The number of ether oxygens (including phenoxy) is 2. The fraction of sp³-hybridized carbons (Fsp3) is 0.857. The van der Waals surface area contributed by atoms with Gasteiger partial charge in [0, 0.05) is 0 Å². The summed E-state index contributed by atoms with van der Waals surface area (Å²) in [6.07, 6.45) is 4.02. The minimum atomic E-state index is -0.317. The third kappa shape index (κ3) is 11.4. The molecule has 0 unspecified atom stereocenters. The van der Waals surface area contributed by atoms with Gasteiger partial charge in [0.1, 0.15) is 0 Å². The summed E-state index contributed by atoms with van der Waals surface area (Å²) in [7, 11) is 0. The maximum Gasteiger partial charge on any atom is 0.306 e. The van der Waals surface area contributed by atoms with Crippen molar-refractivity contribution in [3.05, 3.63) is 0 Å². The largest absolute Gasteiger partial charge is 0.466 e. The highest BCUT2D eigenvalue weighted by Gasteiger charge is 2.08. The number of esters is 2. The zero-order chi connectivity index (χ0) is 13.8. The van der Waals surface area contributed by atoms with Gasteiger partial charge in [-0.3, -0.25) is 9.59 Å². The van der Waals surface area contributed by atoms with Gasteiger partial charge in [-0.15, -0.1) is 0 Å². The summed E-state index contributed by atoms with van der Waals surface area (Å²) in [5.74, 6) is -0.00831. The molecule has 0 saturated carbocycles. The minimum absolute atomic E-state index is 0.118. The highest BCUT2D eigenvalue weighted by Crippen LogP contribution is 2.04. The van der Waals surface area contributed by atoms with E-state index in [9.17, 15) is 9.59 Å². The van der Waals surface area contributed by atoms with E-state index in [0.717, 1.165) is 25.7 Å². The van der Waals surface area contributed by atoms with Gasteiger partial charge in [-0.25, -0.2) is 0 Å². The number of hydrogen-bond donors (Lipinski definition) is 0. The molecular formula is C14H26O4. The molecule has 0 aromatic rings. The highest BCUT2D eigenvalue weighted by atomic mass is 16.5. The molecule has 0 fully saturated rings. The smallest absolute Gasteiger partial charge is 0.306 e. The number of carbonyl (C=O) groups excluding carboxylic acids is 2. The van der Waals surface area contributed by atoms with Crippen LogP contribution in [0.25, 0.3) is 0 Å². The van der Waals surface area contributed by atoms with Crippen LogP contribution in [0.3, 0.4) is 0 Å². The fourth-order valence-electron chi connectivity index (χ4n) is 1.36. The van der Waals surface area contributed by atoms with Crippen molar-refractivity contribution in [2.45, 2.75) is 59.3 Å². The van der Waals surface area contributed by atoms with Gasteiger partial charge in [-0.05, 0) is 25.2 Å². The average molecular weight is 258 g/mol. The second-order valence-electron chi connectivity index (χ2n) is 4.83. The van der Waals surface area contributed by atoms with E-state index in [1.54, 1.807) is 0 Å². The van der Waals surface area contributed by atoms with Crippen molar-refractivity contribution in [1.29, 1.82) is 0 Å². The van der Waals surface area contributed by atoms with Crippen LogP contribution in [0.1, 0.15) is 59.3 Å². The Hall–Kier alpha value is -1.06. The number of rotatable bonds is 10. The summed E-state index contributed by atoms with van der Waals surface area (Å²) in [6.45, 7) is 7.19. The van der Waals surface area contributed by atoms with Crippen LogP contribution < -0.4 is 0 Å². The highest BCUT2D eigenvalue weighted by molar-refractivity contribution is 5.77. The summed E-state index contributed by atoms with van der Waals surface area (Å²) < 4.78 is 9.96. The molecule has 18 heavy (non-hydrogen) atoms. The molecule has 0 rings (SSSR count). The maximum absolute atomic E-state index is 11.3. The molecule has 0 aliphatic rings. The Balaban J connectivity index is 3.43. The first-order valence-electron chi connectivity index (χ1n) is 6.87. The summed E-state index contributed by atoms with van der Waals surface area (Å²) in [6, 6.07) is 0. The topological polar surface area (TPSA) is 52.6 Å². The predicted molar refractivity (Wildman–Crippen MR) is 70.1 cm³/mol. The maximum atomic E-state index is 11.3. The lowest BCUT2D eigenvalue weighted by Crippen LogP contribution is -2.11. The first kappa shape index (κ1) is 16.9. The van der Waals surface area contributed by atoms with Crippen molar-refractivity contribution in [1.82, 2.24) is 0 Å². The Bertz CT molecular complexity index is 236. The van der Waals surface area contributed by atoms with Gasteiger partial charge in [0.15, 0.2) is 0 Å². The zero-order valence-electron chi connectivity index (χ0n) is 11.9. The SMILES string of the molecule is CCCCOC(=O)CCC(=O)OCCCC(C)C. The molecule has 0 bridgehead atoms. The van der Waals surface area contributed by atoms with Crippen molar-refractivity contribution < 1.29 is 19.1 Å². The Morgan fingerprint density at radius 2 is 1.44 bits per heavy atom. The first-order chi connectivity index (χ1) is 8.56. The van der Waals surface area contributed by atoms with E-state index in [1.807, 2.05) is 6.92 Å². The Morgan fingerprint density at radius 1 is 0.944 bits per heavy atom. The van der Waals surface area contributed by atoms with Crippen molar-refractivity contribution in [2.24, 2.45) is 5.92 Å². The van der Waals surface area contributed by atoms with Crippen LogP contribution in [-0.2, 0) is 19.1 Å². The van der Waals surface area contributed by atoms with Crippen LogP contribution in [0.4, 0.5) is 0 Å². The lowest BCUT2D eigenvalue weighted by atomic mass is 10.1. The van der Waals surface area contributed by atoms with Crippen molar-refractivity contribution in [3.63, 3.8) is 0 Å². The van der Waals surface area contributed by atoms with Crippen LogP contribution >= 0.6 is 0 Å². The number of carbonyl (C=O) groups is 2. The van der Waals surface area contributed by atoms with E-state index in [0.29, 0.717) is 19.1 Å². The van der Waals surface area contributed by atoms with Crippen molar-refractivity contribution in [3.8, 4) is 0 Å². The molecule has 0 saturated heterocycles. The Labute approximate surface area is 110 Å². The lowest BCUT2D eigenvalue weighted by molar-refractivity contribution is -0.150. The van der Waals surface area contributed by atoms with Crippen LogP contribution in [-0.4, -0.2) is 25.2 Å². The van der Waals surface area contributed by atoms with Gasteiger partial charge in [-0.1, -0.05) is 27.2 Å². The third-order valence-corrected chi connectivity index (χ3v) is 2.48. The van der Waals surface area contributed by atoms with Crippen molar-refractivity contribution >= 4 is 11.9 Å². The monoisotopic (exact) mass is 258 g/mol. The van der Waals surface area contributed by atoms with E-state index in [-0.39, 0.29) is 24.8 Å². The van der Waals surface area contributed by atoms with E-state index < -0.39 is 0 Å². The minimum Gasteiger partial charge on any atom is -0.466 e. The summed E-state index contributed by atoms with van der Waals surface area (Å²) >= 11 is 0. The lowest BCUT2D eigenvalue weighted by Gasteiger charge is -2.06. The molecule has 0 amide bonds. The van der Waals surface area contributed by atoms with Gasteiger partial charge in [0.25, 0.3) is 0 Å². The van der Waals surface area contributed by atoms with E-state index >= 15 is 0 Å². The fourth-order valence-corrected chi connectivity index (χ4v) is 1.36. The van der Waals surface area contributed by atoms with Crippen LogP contribution in [0.5, 0.6) is 0 Å². The molecule has 0 spiro atoms. The average Bonchev–Trinajstić information content (AvgIpc) is 2.32. The van der Waals surface area contributed by atoms with E-state index in [2.05, 4.69) is 13.8 Å². The van der Waals surface area contributed by atoms with Crippen LogP contribution in [0, 0.1) is 5.92 Å². The third-order valence-electron chi connectivity index (χ3n) is 2.48. The first-order valence-corrected chi connectivity index (χ1v) is 6.87. The van der Waals surface area contributed by atoms with E-state index in [4.69, 9.17) is 9.47 Å². The van der Waals surface area contributed by atoms with Crippen LogP contribution in [0.15, 0.2) is 0 Å². The normalized spacial score (nSPS) is 10.4. The number of hydrogen-bond acceptors (Lipinski definition) is 4. The molecule has 106 valence electrons. The van der Waals surface area contributed by atoms with Gasteiger partial charge in [0.2, 0.25) is 0 Å². The standard InChI is InChI=1S/C14H26O4/c1-4-5-10-17-13(15)8-9-14(16)18-11-6-7-12(2)3/h12H,4-11H2,1-3H3. The van der Waals surface area contributed by atoms with Crippen molar-refractivity contribution in [2.75, 3.05) is 13.2 Å². The molecule has 0 atom stereocenters. The molecule has 0 aromatic heterocycles. The quantitative estimate of drug-likeness (QED) is 0.446. The van der Waals surface area contributed by atoms with Gasteiger partial charge < -0.3 is 9.47 Å². The summed E-state index contributed by atoms with van der Waals surface area (Å²) in [4.78, 5) is 22.5. The summed E-state index contributed by atoms with van der Waals surface area (Å²) in [5, 5.41) is 0. The molecule has 4 heteroatoms. The second kappa shape index (κ2) is 11.1. The molecule has 4 nitrogen and oxygen atoms in total. The van der Waals surface area contributed by atoms with Gasteiger partial charge in [-0.2, -0.15) is 0 Å². The van der Waals surface area contributed by atoms with E-state index in [1.165, 1.54) is 0 Å². The zero-order valence-corrected chi connectivity index (χ0v) is 11.9. The summed E-state index contributed by atoms with van der Waals surface area (Å²) in [5.41, 5.74) is 0. The van der Waals surface area contributed by atoms with Crippen LogP contribution in [0.2, 0.25) is 0 Å². The Kier molecular flexibility index (Phi) is 10.4. The number of unbranched alkanes of at least 4 members (excludes halogenated alkanes) is 1. The molecule has 0 radical (unpaired) electrons. The molecular weight excluding hydrogens is 232 g/mol. The Morgan fingerprint density at radius 3 is 1.89 bits per heavy atom.